The molecule has 0 amide bonds. The number of rotatable bonds is 16. The van der Waals surface area contributed by atoms with E-state index in [0.29, 0.717) is 6.10 Å². The summed E-state index contributed by atoms with van der Waals surface area (Å²) in [5.74, 6) is 0. The van der Waals surface area contributed by atoms with Gasteiger partial charge in [0.15, 0.2) is 0 Å². The van der Waals surface area contributed by atoms with Crippen molar-refractivity contribution < 1.29 is 4.43 Å². The SMILES string of the molecule is CCCCCCCCCCCCC(CCC)O[Si](C)(C)C(Cl)Cl. The summed E-state index contributed by atoms with van der Waals surface area (Å²) >= 11 is 12.2. The van der Waals surface area contributed by atoms with Crippen LogP contribution in [-0.4, -0.2) is 18.9 Å². The van der Waals surface area contributed by atoms with E-state index in [4.69, 9.17) is 27.6 Å². The van der Waals surface area contributed by atoms with Crippen LogP contribution in [0.1, 0.15) is 97.3 Å². The molecule has 0 aromatic heterocycles. The molecule has 0 aromatic rings. The Morgan fingerprint density at radius 3 is 1.61 bits per heavy atom. The summed E-state index contributed by atoms with van der Waals surface area (Å²) in [4.78, 5) is 0. The van der Waals surface area contributed by atoms with Crippen molar-refractivity contribution in [1.29, 1.82) is 0 Å². The molecule has 0 aliphatic heterocycles. The van der Waals surface area contributed by atoms with E-state index < -0.39 is 8.32 Å². The first-order valence-electron chi connectivity index (χ1n) is 9.90. The molecule has 1 nitrogen and oxygen atoms in total. The van der Waals surface area contributed by atoms with Gasteiger partial charge in [0.2, 0.25) is 8.32 Å². The number of alkyl halides is 2. The van der Waals surface area contributed by atoms with Crippen molar-refractivity contribution >= 4 is 31.5 Å². The van der Waals surface area contributed by atoms with Crippen molar-refractivity contribution in [3.63, 3.8) is 0 Å². The second-order valence-corrected chi connectivity index (χ2v) is 13.3. The Kier molecular flexibility index (Phi) is 15.5. The molecule has 0 spiro atoms. The van der Waals surface area contributed by atoms with Crippen molar-refractivity contribution in [3.8, 4) is 0 Å². The van der Waals surface area contributed by atoms with E-state index in [0.717, 1.165) is 6.42 Å². The highest BCUT2D eigenvalue weighted by Gasteiger charge is 2.33. The van der Waals surface area contributed by atoms with E-state index in [9.17, 15) is 0 Å². The Morgan fingerprint density at radius 2 is 1.17 bits per heavy atom. The molecule has 0 N–H and O–H groups in total. The predicted octanol–water partition coefficient (Wildman–Crippen LogP) is 8.03. The number of halogens is 2. The summed E-state index contributed by atoms with van der Waals surface area (Å²) < 4.78 is 5.96. The van der Waals surface area contributed by atoms with Crippen LogP contribution in [0, 0.1) is 0 Å². The van der Waals surface area contributed by atoms with Crippen LogP contribution in [-0.2, 0) is 4.43 Å². The maximum absolute atomic E-state index is 6.30. The van der Waals surface area contributed by atoms with Crippen LogP contribution in [0.4, 0.5) is 0 Å². The quantitative estimate of drug-likeness (QED) is 0.149. The molecule has 0 aromatic carbocycles. The number of hydrogen-bond donors (Lipinski definition) is 0. The highest BCUT2D eigenvalue weighted by Crippen LogP contribution is 2.25. The summed E-state index contributed by atoms with van der Waals surface area (Å²) in [6, 6.07) is 0. The zero-order valence-corrected chi connectivity index (χ0v) is 18.5. The molecule has 23 heavy (non-hydrogen) atoms. The minimum Gasteiger partial charge on any atom is -0.412 e. The summed E-state index contributed by atoms with van der Waals surface area (Å²) in [5.41, 5.74) is 0. The van der Waals surface area contributed by atoms with Gasteiger partial charge in [-0.05, 0) is 25.9 Å². The van der Waals surface area contributed by atoms with Gasteiger partial charge in [0.05, 0.1) is 0 Å². The molecule has 0 saturated heterocycles. The first kappa shape index (κ1) is 23.8. The van der Waals surface area contributed by atoms with Gasteiger partial charge in [-0.25, -0.2) is 0 Å². The van der Waals surface area contributed by atoms with Gasteiger partial charge in [-0.2, -0.15) is 0 Å². The summed E-state index contributed by atoms with van der Waals surface area (Å²) in [5, 5.41) is 0. The van der Waals surface area contributed by atoms with Crippen LogP contribution in [0.25, 0.3) is 0 Å². The third-order valence-electron chi connectivity index (χ3n) is 4.49. The third kappa shape index (κ3) is 13.7. The molecule has 4 heteroatoms. The Morgan fingerprint density at radius 1 is 0.696 bits per heavy atom. The zero-order chi connectivity index (χ0) is 17.6. The highest BCUT2D eigenvalue weighted by molar-refractivity contribution is 6.88. The second kappa shape index (κ2) is 15.0. The maximum atomic E-state index is 6.30. The summed E-state index contributed by atoms with van der Waals surface area (Å²) in [6.45, 7) is 8.75. The van der Waals surface area contributed by atoms with Crippen LogP contribution in [0.2, 0.25) is 13.1 Å². The lowest BCUT2D eigenvalue weighted by Crippen LogP contribution is -2.42. The monoisotopic (exact) mass is 382 g/mol. The smallest absolute Gasteiger partial charge is 0.220 e. The average molecular weight is 384 g/mol. The molecule has 1 unspecified atom stereocenters. The van der Waals surface area contributed by atoms with E-state index in [1.807, 2.05) is 0 Å². The lowest BCUT2D eigenvalue weighted by atomic mass is 10.0. The van der Waals surface area contributed by atoms with Crippen molar-refractivity contribution in [3.05, 3.63) is 0 Å². The number of hydrogen-bond acceptors (Lipinski definition) is 1. The van der Waals surface area contributed by atoms with Crippen LogP contribution in [0.3, 0.4) is 0 Å². The zero-order valence-electron chi connectivity index (χ0n) is 16.0. The molecule has 0 rings (SSSR count). The van der Waals surface area contributed by atoms with Crippen LogP contribution < -0.4 is 0 Å². The molecule has 0 heterocycles. The minimum atomic E-state index is -1.95. The molecule has 1 atom stereocenters. The fourth-order valence-electron chi connectivity index (χ4n) is 2.92. The lowest BCUT2D eigenvalue weighted by molar-refractivity contribution is 0.167. The van der Waals surface area contributed by atoms with Gasteiger partial charge in [-0.1, -0.05) is 84.5 Å². The minimum absolute atomic E-state index is 0.338. The fraction of sp³-hybridized carbons (Fsp3) is 1.00. The van der Waals surface area contributed by atoms with Crippen LogP contribution >= 0.6 is 23.2 Å². The normalized spacial score (nSPS) is 13.7. The van der Waals surface area contributed by atoms with Gasteiger partial charge in [0.25, 0.3) is 0 Å². The molecular formula is C19H40Cl2OSi. The summed E-state index contributed by atoms with van der Waals surface area (Å²) in [6.07, 6.45) is 17.7. The molecule has 0 saturated carbocycles. The van der Waals surface area contributed by atoms with E-state index in [2.05, 4.69) is 26.9 Å². The van der Waals surface area contributed by atoms with Crippen molar-refractivity contribution in [1.82, 2.24) is 0 Å². The standard InChI is InChI=1S/C19H40Cl2OSi/c1-5-7-8-9-10-11-12-13-14-15-17-18(16-6-2)22-23(3,4)19(20)21/h18-19H,5-17H2,1-4H3. The van der Waals surface area contributed by atoms with E-state index in [-0.39, 0.29) is 4.46 Å². The van der Waals surface area contributed by atoms with Gasteiger partial charge in [-0.3, -0.25) is 0 Å². The van der Waals surface area contributed by atoms with Gasteiger partial charge in [0.1, 0.15) is 4.46 Å². The van der Waals surface area contributed by atoms with Gasteiger partial charge >= 0.3 is 0 Å². The van der Waals surface area contributed by atoms with Gasteiger partial charge < -0.3 is 4.43 Å². The molecule has 0 aliphatic rings. The van der Waals surface area contributed by atoms with Crippen molar-refractivity contribution in [2.45, 2.75) is 121 Å². The van der Waals surface area contributed by atoms with Crippen LogP contribution in [0.5, 0.6) is 0 Å². The van der Waals surface area contributed by atoms with Gasteiger partial charge in [-0.15, -0.1) is 23.2 Å². The molecule has 0 aliphatic carbocycles. The lowest BCUT2D eigenvalue weighted by Gasteiger charge is -2.30. The molecule has 0 radical (unpaired) electrons. The predicted molar refractivity (Wildman–Crippen MR) is 109 cm³/mol. The van der Waals surface area contributed by atoms with Crippen LogP contribution in [0.15, 0.2) is 0 Å². The maximum Gasteiger partial charge on any atom is 0.220 e. The second-order valence-electron chi connectivity index (χ2n) is 7.40. The van der Waals surface area contributed by atoms with Gasteiger partial charge in [0, 0.05) is 6.10 Å². The highest BCUT2D eigenvalue weighted by atomic mass is 35.5. The molecular weight excluding hydrogens is 343 g/mol. The largest absolute Gasteiger partial charge is 0.412 e. The Bertz CT molecular complexity index is 260. The first-order valence-corrected chi connectivity index (χ1v) is 13.8. The molecule has 0 fully saturated rings. The first-order chi connectivity index (χ1) is 10.9. The third-order valence-corrected chi connectivity index (χ3v) is 9.63. The van der Waals surface area contributed by atoms with Crippen molar-refractivity contribution in [2.75, 3.05) is 0 Å². The summed E-state index contributed by atoms with van der Waals surface area (Å²) in [7, 11) is -1.95. The van der Waals surface area contributed by atoms with Crippen molar-refractivity contribution in [2.24, 2.45) is 0 Å². The fourth-order valence-corrected chi connectivity index (χ4v) is 4.43. The van der Waals surface area contributed by atoms with E-state index >= 15 is 0 Å². The average Bonchev–Trinajstić information content (AvgIpc) is 2.48. The van der Waals surface area contributed by atoms with E-state index in [1.165, 1.54) is 77.0 Å². The molecule has 140 valence electrons. The Balaban J connectivity index is 3.69. The molecule has 0 bridgehead atoms. The Hall–Kier alpha value is 0.757. The van der Waals surface area contributed by atoms with E-state index in [1.54, 1.807) is 0 Å². The number of unbranched alkanes of at least 4 members (excludes halogenated alkanes) is 9. The Labute approximate surface area is 157 Å². The topological polar surface area (TPSA) is 9.23 Å².